The van der Waals surface area contributed by atoms with Gasteiger partial charge in [0.1, 0.15) is 5.82 Å². The number of halogens is 2. The van der Waals surface area contributed by atoms with Crippen LogP contribution in [0.5, 0.6) is 0 Å². The van der Waals surface area contributed by atoms with Crippen molar-refractivity contribution in [2.75, 3.05) is 17.7 Å². The maximum absolute atomic E-state index is 13.3. The molecule has 1 N–H and O–H groups in total. The van der Waals surface area contributed by atoms with Crippen LogP contribution in [0.25, 0.3) is 11.4 Å². The number of benzene rings is 2. The van der Waals surface area contributed by atoms with Crippen molar-refractivity contribution in [3.63, 3.8) is 0 Å². The summed E-state index contributed by atoms with van der Waals surface area (Å²) in [5, 5.41) is 12.1. The largest absolute Gasteiger partial charge is 0.376 e. The zero-order valence-corrected chi connectivity index (χ0v) is 18.5. The first-order valence-electron chi connectivity index (χ1n) is 9.57. The van der Waals surface area contributed by atoms with Crippen LogP contribution in [-0.4, -0.2) is 39.1 Å². The van der Waals surface area contributed by atoms with Crippen LogP contribution in [0.4, 0.5) is 10.1 Å². The van der Waals surface area contributed by atoms with Crippen LogP contribution in [-0.2, 0) is 16.1 Å². The van der Waals surface area contributed by atoms with Crippen LogP contribution in [0.2, 0.25) is 0 Å². The van der Waals surface area contributed by atoms with Crippen molar-refractivity contribution in [2.24, 2.45) is 0 Å². The predicted octanol–water partition coefficient (Wildman–Crippen LogP) is 4.76. The SMILES string of the molecule is O=C(CSc1nnc(-c2ccc(F)cc2)n1C[C@@H]1CCCO1)Nc1cccc(Br)c1. The number of carbonyl (C=O) groups excluding carboxylic acids is 1. The van der Waals surface area contributed by atoms with Gasteiger partial charge in [-0.05, 0) is 55.3 Å². The fourth-order valence-corrected chi connectivity index (χ4v) is 4.40. The number of rotatable bonds is 7. The summed E-state index contributed by atoms with van der Waals surface area (Å²) in [6, 6.07) is 13.6. The van der Waals surface area contributed by atoms with Crippen molar-refractivity contribution in [3.8, 4) is 11.4 Å². The zero-order chi connectivity index (χ0) is 20.9. The molecule has 9 heteroatoms. The smallest absolute Gasteiger partial charge is 0.234 e. The number of hydrogen-bond donors (Lipinski definition) is 1. The van der Waals surface area contributed by atoms with Gasteiger partial charge in [-0.2, -0.15) is 0 Å². The predicted molar refractivity (Wildman–Crippen MR) is 118 cm³/mol. The molecule has 2 aromatic carbocycles. The minimum absolute atomic E-state index is 0.0787. The lowest BCUT2D eigenvalue weighted by Crippen LogP contribution is -2.18. The number of nitrogens with one attached hydrogen (secondary N) is 1. The van der Waals surface area contributed by atoms with E-state index >= 15 is 0 Å². The lowest BCUT2D eigenvalue weighted by atomic mass is 10.2. The molecule has 1 aromatic heterocycles. The maximum atomic E-state index is 13.3. The summed E-state index contributed by atoms with van der Waals surface area (Å²) in [5.41, 5.74) is 1.50. The summed E-state index contributed by atoms with van der Waals surface area (Å²) in [7, 11) is 0. The summed E-state index contributed by atoms with van der Waals surface area (Å²) in [4.78, 5) is 12.4. The Morgan fingerprint density at radius 2 is 2.10 bits per heavy atom. The van der Waals surface area contributed by atoms with E-state index in [2.05, 4.69) is 31.4 Å². The van der Waals surface area contributed by atoms with E-state index in [9.17, 15) is 9.18 Å². The van der Waals surface area contributed by atoms with Gasteiger partial charge in [-0.3, -0.25) is 9.36 Å². The molecule has 156 valence electrons. The molecule has 1 atom stereocenters. The Labute approximate surface area is 186 Å². The number of ether oxygens (including phenoxy) is 1. The second-order valence-corrected chi connectivity index (χ2v) is 8.76. The molecule has 0 spiro atoms. The Bertz CT molecular complexity index is 1020. The van der Waals surface area contributed by atoms with Crippen LogP contribution in [0, 0.1) is 5.82 Å². The molecular formula is C21H20BrFN4O2S. The Kier molecular flexibility index (Phi) is 6.81. The molecule has 30 heavy (non-hydrogen) atoms. The number of anilines is 1. The van der Waals surface area contributed by atoms with E-state index in [1.54, 1.807) is 12.1 Å². The molecule has 1 amide bonds. The van der Waals surface area contributed by atoms with E-state index in [4.69, 9.17) is 4.74 Å². The monoisotopic (exact) mass is 490 g/mol. The standard InChI is InChI=1S/C21H20BrFN4O2S/c22-15-3-1-4-17(11-15)24-19(28)13-30-21-26-25-20(14-6-8-16(23)9-7-14)27(21)12-18-5-2-10-29-18/h1,3-4,6-9,11,18H,2,5,10,12-13H2,(H,24,28)/t18-/m0/s1. The van der Waals surface area contributed by atoms with Gasteiger partial charge in [0.05, 0.1) is 18.4 Å². The Balaban J connectivity index is 1.50. The van der Waals surface area contributed by atoms with Crippen LogP contribution in [0.15, 0.2) is 58.2 Å². The van der Waals surface area contributed by atoms with Crippen molar-refractivity contribution in [2.45, 2.75) is 30.6 Å². The minimum Gasteiger partial charge on any atom is -0.376 e. The average Bonchev–Trinajstić information content (AvgIpc) is 3.38. The molecule has 0 aliphatic carbocycles. The highest BCUT2D eigenvalue weighted by Gasteiger charge is 2.22. The van der Waals surface area contributed by atoms with E-state index < -0.39 is 0 Å². The second-order valence-electron chi connectivity index (χ2n) is 6.91. The molecular weight excluding hydrogens is 471 g/mol. The number of thioether (sulfide) groups is 1. The summed E-state index contributed by atoms with van der Waals surface area (Å²) in [6.45, 7) is 1.34. The van der Waals surface area contributed by atoms with E-state index in [1.807, 2.05) is 28.8 Å². The number of amides is 1. The van der Waals surface area contributed by atoms with E-state index in [1.165, 1.54) is 23.9 Å². The molecule has 0 saturated carbocycles. The van der Waals surface area contributed by atoms with Crippen LogP contribution < -0.4 is 5.32 Å². The van der Waals surface area contributed by atoms with Gasteiger partial charge in [0, 0.05) is 22.3 Å². The third kappa shape index (κ3) is 5.27. The Morgan fingerprint density at radius 3 is 2.83 bits per heavy atom. The van der Waals surface area contributed by atoms with Gasteiger partial charge in [-0.1, -0.05) is 33.8 Å². The van der Waals surface area contributed by atoms with Gasteiger partial charge in [-0.25, -0.2) is 4.39 Å². The molecule has 0 unspecified atom stereocenters. The first-order chi connectivity index (χ1) is 14.6. The second kappa shape index (κ2) is 9.72. The highest BCUT2D eigenvalue weighted by atomic mass is 79.9. The lowest BCUT2D eigenvalue weighted by molar-refractivity contribution is -0.113. The number of carbonyl (C=O) groups is 1. The molecule has 2 heterocycles. The van der Waals surface area contributed by atoms with Gasteiger partial charge in [-0.15, -0.1) is 10.2 Å². The highest BCUT2D eigenvalue weighted by molar-refractivity contribution is 9.10. The van der Waals surface area contributed by atoms with Gasteiger partial charge in [0.25, 0.3) is 0 Å². The molecule has 3 aromatic rings. The van der Waals surface area contributed by atoms with Gasteiger partial charge >= 0.3 is 0 Å². The quantitative estimate of drug-likeness (QED) is 0.483. The van der Waals surface area contributed by atoms with Crippen molar-refractivity contribution in [1.82, 2.24) is 14.8 Å². The molecule has 1 aliphatic rings. The first-order valence-corrected chi connectivity index (χ1v) is 11.4. The lowest BCUT2D eigenvalue weighted by Gasteiger charge is -2.14. The fraction of sp³-hybridized carbons (Fsp3) is 0.286. The van der Waals surface area contributed by atoms with Crippen LogP contribution in [0.1, 0.15) is 12.8 Å². The summed E-state index contributed by atoms with van der Waals surface area (Å²) in [5.74, 6) is 0.399. The molecule has 1 saturated heterocycles. The summed E-state index contributed by atoms with van der Waals surface area (Å²) in [6.07, 6.45) is 2.07. The highest BCUT2D eigenvalue weighted by Crippen LogP contribution is 2.27. The fourth-order valence-electron chi connectivity index (χ4n) is 3.26. The number of hydrogen-bond acceptors (Lipinski definition) is 5. The Hall–Kier alpha value is -2.23. The average molecular weight is 491 g/mol. The van der Waals surface area contributed by atoms with Crippen molar-refractivity contribution in [3.05, 3.63) is 58.8 Å². The van der Waals surface area contributed by atoms with Gasteiger partial charge in [0.15, 0.2) is 11.0 Å². The van der Waals surface area contributed by atoms with Gasteiger partial charge in [0.2, 0.25) is 5.91 Å². The molecule has 1 fully saturated rings. The van der Waals surface area contributed by atoms with E-state index in [0.717, 1.165) is 35.2 Å². The molecule has 6 nitrogen and oxygen atoms in total. The first kappa shape index (κ1) is 21.0. The van der Waals surface area contributed by atoms with Crippen molar-refractivity contribution in [1.29, 1.82) is 0 Å². The van der Waals surface area contributed by atoms with E-state index in [-0.39, 0.29) is 23.6 Å². The molecule has 0 bridgehead atoms. The number of aromatic nitrogens is 3. The Morgan fingerprint density at radius 1 is 1.27 bits per heavy atom. The number of nitrogens with zero attached hydrogens (tertiary/aromatic N) is 3. The minimum atomic E-state index is -0.303. The molecule has 1 aliphatic heterocycles. The summed E-state index contributed by atoms with van der Waals surface area (Å²) >= 11 is 4.71. The van der Waals surface area contributed by atoms with Crippen LogP contribution >= 0.6 is 27.7 Å². The molecule has 0 radical (unpaired) electrons. The maximum Gasteiger partial charge on any atom is 0.234 e. The molecule has 4 rings (SSSR count). The third-order valence-electron chi connectivity index (χ3n) is 4.67. The van der Waals surface area contributed by atoms with Crippen molar-refractivity contribution < 1.29 is 13.9 Å². The topological polar surface area (TPSA) is 69.0 Å². The van der Waals surface area contributed by atoms with E-state index in [0.29, 0.717) is 17.5 Å². The van der Waals surface area contributed by atoms with Gasteiger partial charge < -0.3 is 10.1 Å². The van der Waals surface area contributed by atoms with Crippen molar-refractivity contribution >= 4 is 39.3 Å². The normalized spacial score (nSPS) is 16.0. The summed E-state index contributed by atoms with van der Waals surface area (Å²) < 4.78 is 22.0. The zero-order valence-electron chi connectivity index (χ0n) is 16.1. The third-order valence-corrected chi connectivity index (χ3v) is 6.13. The van der Waals surface area contributed by atoms with Crippen LogP contribution in [0.3, 0.4) is 0 Å².